The molecule has 0 saturated carbocycles. The van der Waals surface area contributed by atoms with Crippen LogP contribution in [0.5, 0.6) is 0 Å². The van der Waals surface area contributed by atoms with Gasteiger partial charge in [-0.15, -0.1) is 0 Å². The van der Waals surface area contributed by atoms with Crippen LogP contribution in [0.3, 0.4) is 0 Å². The number of Topliss-reactive ketones (excluding diaryl/α,β-unsaturated/α-hetero) is 1. The van der Waals surface area contributed by atoms with Gasteiger partial charge >= 0.3 is 0 Å². The fourth-order valence-electron chi connectivity index (χ4n) is 4.05. The zero-order chi connectivity index (χ0) is 19.1. The highest BCUT2D eigenvalue weighted by atomic mass is 35.5. The van der Waals surface area contributed by atoms with Gasteiger partial charge in [-0.2, -0.15) is 0 Å². The highest BCUT2D eigenvalue weighted by Gasteiger charge is 2.38. The van der Waals surface area contributed by atoms with E-state index < -0.39 is 0 Å². The lowest BCUT2D eigenvalue weighted by atomic mass is 9.73. The molecule has 0 bridgehead atoms. The van der Waals surface area contributed by atoms with Crippen LogP contribution in [0.2, 0.25) is 10.0 Å². The SMILES string of the molecule is Cc1ccc(C2CC(=O)C3=C(C2)NC(=O)CC3c2ccc(Cl)c(Cl)c2)cc1. The Morgan fingerprint density at radius 1 is 0.889 bits per heavy atom. The quantitative estimate of drug-likeness (QED) is 0.743. The van der Waals surface area contributed by atoms with Gasteiger partial charge in [0.2, 0.25) is 5.91 Å². The number of hydrogen-bond acceptors (Lipinski definition) is 2. The fraction of sp³-hybridized carbons (Fsp3) is 0.273. The maximum Gasteiger partial charge on any atom is 0.225 e. The molecule has 3 nitrogen and oxygen atoms in total. The number of halogens is 2. The molecule has 5 heteroatoms. The summed E-state index contributed by atoms with van der Waals surface area (Å²) in [5, 5.41) is 3.84. The first kappa shape index (κ1) is 18.3. The lowest BCUT2D eigenvalue weighted by Crippen LogP contribution is -2.38. The number of rotatable bonds is 2. The van der Waals surface area contributed by atoms with Crippen molar-refractivity contribution >= 4 is 34.9 Å². The van der Waals surface area contributed by atoms with E-state index in [0.717, 1.165) is 22.4 Å². The van der Waals surface area contributed by atoms with E-state index in [-0.39, 0.29) is 29.9 Å². The second-order valence-electron chi connectivity index (χ2n) is 7.31. The van der Waals surface area contributed by atoms with Crippen molar-refractivity contribution in [3.05, 3.63) is 80.5 Å². The minimum Gasteiger partial charge on any atom is -0.329 e. The van der Waals surface area contributed by atoms with Gasteiger partial charge in [0.1, 0.15) is 0 Å². The number of ketones is 1. The molecule has 0 saturated heterocycles. The van der Waals surface area contributed by atoms with Gasteiger partial charge < -0.3 is 5.32 Å². The molecule has 2 atom stereocenters. The van der Waals surface area contributed by atoms with Crippen LogP contribution in [-0.2, 0) is 9.59 Å². The second kappa shape index (κ2) is 7.14. The summed E-state index contributed by atoms with van der Waals surface area (Å²) in [5.41, 5.74) is 4.65. The van der Waals surface area contributed by atoms with E-state index in [1.54, 1.807) is 12.1 Å². The molecule has 2 aromatic carbocycles. The van der Waals surface area contributed by atoms with Gasteiger partial charge in [0, 0.05) is 30.0 Å². The maximum absolute atomic E-state index is 13.1. The first-order chi connectivity index (χ1) is 12.9. The molecule has 2 aromatic rings. The Morgan fingerprint density at radius 2 is 1.59 bits per heavy atom. The van der Waals surface area contributed by atoms with Crippen molar-refractivity contribution in [3.63, 3.8) is 0 Å². The van der Waals surface area contributed by atoms with Crippen LogP contribution in [0.1, 0.15) is 47.8 Å². The van der Waals surface area contributed by atoms with Crippen LogP contribution in [0.15, 0.2) is 53.7 Å². The first-order valence-electron chi connectivity index (χ1n) is 9.00. The number of hydrogen-bond donors (Lipinski definition) is 1. The standard InChI is InChI=1S/C22H19Cl2NO2/c1-12-2-4-13(5-3-12)15-9-19-22(20(26)10-15)16(11-21(27)25-19)14-6-7-17(23)18(24)8-14/h2-8,15-16H,9-11H2,1H3,(H,25,27). The first-order valence-corrected chi connectivity index (χ1v) is 9.75. The van der Waals surface area contributed by atoms with E-state index in [9.17, 15) is 9.59 Å². The average Bonchev–Trinajstić information content (AvgIpc) is 2.63. The number of aryl methyl sites for hydroxylation is 1. The van der Waals surface area contributed by atoms with Crippen molar-refractivity contribution in [3.8, 4) is 0 Å². The molecule has 2 aliphatic rings. The highest BCUT2D eigenvalue weighted by Crippen LogP contribution is 2.43. The van der Waals surface area contributed by atoms with Gasteiger partial charge in [-0.3, -0.25) is 9.59 Å². The number of allylic oxidation sites excluding steroid dienone is 2. The lowest BCUT2D eigenvalue weighted by molar-refractivity contribution is -0.122. The number of nitrogens with one attached hydrogen (secondary N) is 1. The molecule has 1 heterocycles. The molecule has 0 fully saturated rings. The molecule has 1 amide bonds. The third-order valence-corrected chi connectivity index (χ3v) is 6.17. The fourth-order valence-corrected chi connectivity index (χ4v) is 4.35. The van der Waals surface area contributed by atoms with Crippen LogP contribution in [-0.4, -0.2) is 11.7 Å². The van der Waals surface area contributed by atoms with E-state index in [0.29, 0.717) is 22.9 Å². The Hall–Kier alpha value is -2.10. The van der Waals surface area contributed by atoms with Crippen molar-refractivity contribution < 1.29 is 9.59 Å². The summed E-state index contributed by atoms with van der Waals surface area (Å²) >= 11 is 12.2. The van der Waals surface area contributed by atoms with E-state index in [1.807, 2.05) is 13.0 Å². The minimum atomic E-state index is -0.269. The summed E-state index contributed by atoms with van der Waals surface area (Å²) in [6, 6.07) is 13.6. The predicted octanol–water partition coefficient (Wildman–Crippen LogP) is 5.31. The van der Waals surface area contributed by atoms with Gasteiger partial charge in [-0.1, -0.05) is 59.1 Å². The summed E-state index contributed by atoms with van der Waals surface area (Å²) in [4.78, 5) is 25.4. The van der Waals surface area contributed by atoms with Gasteiger partial charge in [-0.05, 0) is 42.5 Å². The molecule has 138 valence electrons. The molecule has 0 spiro atoms. The normalized spacial score (nSPS) is 22.5. The topological polar surface area (TPSA) is 46.2 Å². The van der Waals surface area contributed by atoms with Crippen molar-refractivity contribution in [1.82, 2.24) is 5.32 Å². The maximum atomic E-state index is 13.1. The molecule has 1 N–H and O–H groups in total. The third-order valence-electron chi connectivity index (χ3n) is 5.43. The second-order valence-corrected chi connectivity index (χ2v) is 8.12. The Bertz CT molecular complexity index is 963. The third kappa shape index (κ3) is 3.54. The zero-order valence-corrected chi connectivity index (χ0v) is 16.4. The van der Waals surface area contributed by atoms with Gasteiger partial charge in [0.15, 0.2) is 5.78 Å². The summed E-state index contributed by atoms with van der Waals surface area (Å²) in [5.74, 6) is -0.153. The van der Waals surface area contributed by atoms with Gasteiger partial charge in [0.25, 0.3) is 0 Å². The molecule has 1 aliphatic carbocycles. The van der Waals surface area contributed by atoms with E-state index in [2.05, 4.69) is 29.6 Å². The number of carbonyl (C=O) groups is 2. The molecule has 27 heavy (non-hydrogen) atoms. The Kier molecular flexibility index (Phi) is 4.83. The molecular formula is C22H19Cl2NO2. The predicted molar refractivity (Wildman–Crippen MR) is 107 cm³/mol. The van der Waals surface area contributed by atoms with Crippen molar-refractivity contribution in [1.29, 1.82) is 0 Å². The monoisotopic (exact) mass is 399 g/mol. The zero-order valence-electron chi connectivity index (χ0n) is 14.9. The molecule has 2 unspecified atom stereocenters. The summed E-state index contributed by atoms with van der Waals surface area (Å²) < 4.78 is 0. The van der Waals surface area contributed by atoms with Crippen LogP contribution in [0.4, 0.5) is 0 Å². The molecular weight excluding hydrogens is 381 g/mol. The van der Waals surface area contributed by atoms with Crippen molar-refractivity contribution in [2.45, 2.75) is 38.0 Å². The summed E-state index contributed by atoms with van der Waals surface area (Å²) in [7, 11) is 0. The molecule has 4 rings (SSSR count). The Balaban J connectivity index is 1.71. The largest absolute Gasteiger partial charge is 0.329 e. The van der Waals surface area contributed by atoms with E-state index >= 15 is 0 Å². The average molecular weight is 400 g/mol. The van der Waals surface area contributed by atoms with E-state index in [4.69, 9.17) is 23.2 Å². The number of carbonyl (C=O) groups excluding carboxylic acids is 2. The van der Waals surface area contributed by atoms with Crippen LogP contribution in [0.25, 0.3) is 0 Å². The number of amides is 1. The summed E-state index contributed by atoms with van der Waals surface area (Å²) in [6.45, 7) is 2.04. The highest BCUT2D eigenvalue weighted by molar-refractivity contribution is 6.42. The lowest BCUT2D eigenvalue weighted by Gasteiger charge is -2.34. The van der Waals surface area contributed by atoms with Gasteiger partial charge in [0.05, 0.1) is 10.0 Å². The van der Waals surface area contributed by atoms with Crippen molar-refractivity contribution in [2.24, 2.45) is 0 Å². The molecule has 0 aromatic heterocycles. The van der Waals surface area contributed by atoms with Gasteiger partial charge in [-0.25, -0.2) is 0 Å². The summed E-state index contributed by atoms with van der Waals surface area (Å²) in [6.07, 6.45) is 1.36. The smallest absolute Gasteiger partial charge is 0.225 e. The van der Waals surface area contributed by atoms with Crippen molar-refractivity contribution in [2.75, 3.05) is 0 Å². The Labute approximate surface area is 168 Å². The Morgan fingerprint density at radius 3 is 2.30 bits per heavy atom. The number of benzene rings is 2. The van der Waals surface area contributed by atoms with Crippen LogP contribution < -0.4 is 5.32 Å². The molecule has 0 radical (unpaired) electrons. The van der Waals surface area contributed by atoms with E-state index in [1.165, 1.54) is 5.56 Å². The van der Waals surface area contributed by atoms with Crippen LogP contribution >= 0.6 is 23.2 Å². The minimum absolute atomic E-state index is 0.0674. The van der Waals surface area contributed by atoms with Crippen LogP contribution in [0, 0.1) is 6.92 Å². The molecule has 1 aliphatic heterocycles.